The van der Waals surface area contributed by atoms with Crippen molar-refractivity contribution in [1.29, 1.82) is 0 Å². The zero-order valence-electron chi connectivity index (χ0n) is 24.6. The van der Waals surface area contributed by atoms with Crippen LogP contribution in [0, 0.1) is 21.7 Å². The molecule has 0 aromatic rings. The Balaban J connectivity index is 2.16. The number of Topliss-reactive ketones (excluding diaryl/α,β-unsaturated/α-hetero) is 1. The van der Waals surface area contributed by atoms with Gasteiger partial charge >= 0.3 is 225 Å². The average molecular weight is 557 g/mol. The summed E-state index contributed by atoms with van der Waals surface area (Å²) in [5.41, 5.74) is 3.44. The van der Waals surface area contributed by atoms with Gasteiger partial charge in [0.25, 0.3) is 0 Å². The molecule has 3 aliphatic rings. The monoisotopic (exact) mass is 557 g/mol. The first-order valence-electron chi connectivity index (χ1n) is 12.9. The second kappa shape index (κ2) is 9.14. The molecule has 2 heterocycles. The fourth-order valence-electron chi connectivity index (χ4n) is 4.42. The summed E-state index contributed by atoms with van der Waals surface area (Å²) in [5, 5.41) is 11.2. The minimum atomic E-state index is -0.212. The molecule has 0 radical (unpaired) electrons. The van der Waals surface area contributed by atoms with Crippen molar-refractivity contribution < 1.29 is 14.3 Å². The Morgan fingerprint density at radius 1 is 0.833 bits per heavy atom. The van der Waals surface area contributed by atoms with E-state index >= 15 is 0 Å². The predicted octanol–water partition coefficient (Wildman–Crippen LogP) is 8.06. The zero-order valence-corrected chi connectivity index (χ0v) is 26.3. The normalized spacial score (nSPS) is 22.4. The molecular formula is C32H45O3Se+. The predicted molar refractivity (Wildman–Crippen MR) is 152 cm³/mol. The van der Waals surface area contributed by atoms with Gasteiger partial charge in [-0.2, -0.15) is 0 Å². The van der Waals surface area contributed by atoms with Gasteiger partial charge in [-0.3, -0.25) is 0 Å². The van der Waals surface area contributed by atoms with Crippen LogP contribution in [0.1, 0.15) is 96.4 Å². The van der Waals surface area contributed by atoms with Gasteiger partial charge in [0.05, 0.1) is 0 Å². The minimum absolute atomic E-state index is 0.0591. The number of carbonyl (C=O) groups is 1. The van der Waals surface area contributed by atoms with Crippen molar-refractivity contribution in [2.75, 3.05) is 0 Å². The van der Waals surface area contributed by atoms with Crippen molar-refractivity contribution in [3.63, 3.8) is 0 Å². The average Bonchev–Trinajstić information content (AvgIpc) is 2.70. The van der Waals surface area contributed by atoms with Gasteiger partial charge in [-0.1, -0.05) is 0 Å². The molecule has 0 aromatic heterocycles. The van der Waals surface area contributed by atoms with Crippen LogP contribution in [0.25, 0.3) is 0 Å². The summed E-state index contributed by atoms with van der Waals surface area (Å²) >= 11 is 0.271. The van der Waals surface area contributed by atoms with Crippen LogP contribution in [0.4, 0.5) is 0 Å². The molecule has 36 heavy (non-hydrogen) atoms. The van der Waals surface area contributed by atoms with Crippen LogP contribution < -0.4 is 0 Å². The summed E-state index contributed by atoms with van der Waals surface area (Å²) in [4.78, 5) is 13.5. The number of rotatable bonds is 1. The summed E-state index contributed by atoms with van der Waals surface area (Å²) in [6, 6.07) is 0. The van der Waals surface area contributed by atoms with Gasteiger partial charge in [0.2, 0.25) is 0 Å². The first-order chi connectivity index (χ1) is 16.1. The molecule has 0 unspecified atom stereocenters. The van der Waals surface area contributed by atoms with E-state index in [4.69, 9.17) is 4.42 Å². The molecule has 0 aromatic carbocycles. The maximum absolute atomic E-state index is 13.5. The van der Waals surface area contributed by atoms with E-state index in [1.165, 1.54) is 8.94 Å². The van der Waals surface area contributed by atoms with Crippen molar-refractivity contribution in [3.8, 4) is 0 Å². The van der Waals surface area contributed by atoms with Crippen molar-refractivity contribution in [2.45, 2.75) is 96.4 Å². The van der Waals surface area contributed by atoms with E-state index in [0.29, 0.717) is 17.6 Å². The van der Waals surface area contributed by atoms with E-state index in [2.05, 4.69) is 95.2 Å². The van der Waals surface area contributed by atoms with Crippen molar-refractivity contribution in [3.05, 3.63) is 66.6 Å². The zero-order chi connectivity index (χ0) is 27.6. The molecule has 0 bridgehead atoms. The third-order valence-electron chi connectivity index (χ3n) is 6.74. The summed E-state index contributed by atoms with van der Waals surface area (Å²) in [7, 11) is 0. The summed E-state index contributed by atoms with van der Waals surface area (Å²) in [5.74, 6) is 1.83. The van der Waals surface area contributed by atoms with Gasteiger partial charge in [-0.25, -0.2) is 0 Å². The van der Waals surface area contributed by atoms with Gasteiger partial charge < -0.3 is 0 Å². The molecule has 3 nitrogen and oxygen atoms in total. The number of aliphatic hydroxyl groups excluding tert-OH is 1. The van der Waals surface area contributed by atoms with Gasteiger partial charge in [0.15, 0.2) is 0 Å². The fourth-order valence-corrected chi connectivity index (χ4v) is 7.02. The van der Waals surface area contributed by atoms with Gasteiger partial charge in [0, 0.05) is 0 Å². The van der Waals surface area contributed by atoms with Crippen molar-refractivity contribution in [2.24, 2.45) is 21.7 Å². The molecule has 4 heteroatoms. The molecule has 0 saturated carbocycles. The molecule has 0 atom stereocenters. The van der Waals surface area contributed by atoms with E-state index in [-0.39, 0.29) is 48.2 Å². The van der Waals surface area contributed by atoms with E-state index < -0.39 is 0 Å². The van der Waals surface area contributed by atoms with Crippen LogP contribution in [-0.2, 0) is 9.22 Å². The second-order valence-corrected chi connectivity index (χ2v) is 16.6. The summed E-state index contributed by atoms with van der Waals surface area (Å²) < 4.78 is 9.22. The molecule has 0 saturated heterocycles. The van der Waals surface area contributed by atoms with E-state index in [1.54, 1.807) is 0 Å². The Labute approximate surface area is 225 Å². The van der Waals surface area contributed by atoms with Crippen LogP contribution in [0.5, 0.6) is 0 Å². The number of ketones is 2. The Kier molecular flexibility index (Phi) is 7.27. The molecular weight excluding hydrogens is 511 g/mol. The Bertz CT molecular complexity index is 1180. The Morgan fingerprint density at radius 3 is 1.72 bits per heavy atom. The SMILES string of the molecule is CC1=C(C(C)(C)C)[O+]=C(C(C)(C)C)CC1=C1C(=O)C(C=C2C=C(C(C)(C)C)[Se]C(C(C)(C)C)=C2)=C1O. The van der Waals surface area contributed by atoms with Crippen molar-refractivity contribution in [1.82, 2.24) is 0 Å². The number of carbonyl (C=O) groups excluding carboxylic acids is 2. The first-order valence-corrected chi connectivity index (χ1v) is 14.6. The van der Waals surface area contributed by atoms with E-state index in [1.807, 2.05) is 13.0 Å². The second-order valence-electron chi connectivity index (χ2n) is 14.4. The van der Waals surface area contributed by atoms with Crippen LogP contribution in [0.3, 0.4) is 0 Å². The number of allylic oxidation sites excluding steroid dienone is 11. The van der Waals surface area contributed by atoms with Crippen LogP contribution in [-0.4, -0.2) is 31.6 Å². The Hall–Kier alpha value is -1.90. The maximum atomic E-state index is 13.5. The number of hydrogen-bond donors (Lipinski definition) is 1. The molecule has 3 rings (SSSR count). The third-order valence-corrected chi connectivity index (χ3v) is 10.7. The van der Waals surface area contributed by atoms with Crippen LogP contribution in [0.2, 0.25) is 0 Å². The summed E-state index contributed by atoms with van der Waals surface area (Å²) in [6.07, 6.45) is 6.86. The van der Waals surface area contributed by atoms with Crippen LogP contribution in [0.15, 0.2) is 66.6 Å². The van der Waals surface area contributed by atoms with Crippen molar-refractivity contribution >= 4 is 26.5 Å². The molecule has 2 aliphatic heterocycles. The van der Waals surface area contributed by atoms with Gasteiger partial charge in [-0.05, 0) is 0 Å². The van der Waals surface area contributed by atoms with Gasteiger partial charge in [0.1, 0.15) is 0 Å². The summed E-state index contributed by atoms with van der Waals surface area (Å²) in [6.45, 7) is 28.2. The fraction of sp³-hybridized carbons (Fsp3) is 0.562. The van der Waals surface area contributed by atoms with Gasteiger partial charge in [-0.15, -0.1) is 0 Å². The van der Waals surface area contributed by atoms with E-state index in [9.17, 15) is 9.90 Å². The molecule has 0 amide bonds. The number of hydrogen-bond acceptors (Lipinski definition) is 2. The topological polar surface area (TPSA) is 48.6 Å². The standard InChI is InChI=1S/C32H44O3Se/c1-18-20(17-22(29(2,3)4)35-28(18)32(11,12)13)25-26(33)21(27(25)34)14-19-15-23(30(5,6)7)36-24(16-19)31(8,9)10/h14-16H,17H2,1-13H3/p+1. The molecule has 1 N–H and O–H groups in total. The molecule has 0 fully saturated rings. The van der Waals surface area contributed by atoms with E-state index in [0.717, 1.165) is 28.3 Å². The number of aliphatic hydroxyl groups is 1. The molecule has 1 aliphatic carbocycles. The molecule has 0 spiro atoms. The van der Waals surface area contributed by atoms with Crippen LogP contribution >= 0.6 is 0 Å². The third kappa shape index (κ3) is 5.65. The molecule has 196 valence electrons. The first kappa shape index (κ1) is 28.7. The Morgan fingerprint density at radius 2 is 1.33 bits per heavy atom. The quantitative estimate of drug-likeness (QED) is 0.202.